The Labute approximate surface area is 109 Å². The first-order valence-electron chi connectivity index (χ1n) is 4.56. The van der Waals surface area contributed by atoms with E-state index in [0.29, 0.717) is 18.2 Å². The second kappa shape index (κ2) is 5.00. The molecular weight excluding hydrogens is 309 g/mol. The van der Waals surface area contributed by atoms with Gasteiger partial charge in [0.2, 0.25) is 0 Å². The summed E-state index contributed by atoms with van der Waals surface area (Å²) in [5.74, 6) is -4.40. The van der Waals surface area contributed by atoms with Crippen molar-refractivity contribution in [2.24, 2.45) is 0 Å². The van der Waals surface area contributed by atoms with Crippen LogP contribution in [0.4, 0.5) is 13.2 Å². The second-order valence-corrected chi connectivity index (χ2v) is 4.88. The Morgan fingerprint density at radius 2 is 1.40 bits per heavy atom. The first-order chi connectivity index (χ1) is 8.94. The minimum Gasteiger partial charge on any atom is -0.478 e. The highest BCUT2D eigenvalue weighted by Gasteiger charge is 2.48. The summed E-state index contributed by atoms with van der Waals surface area (Å²) in [5, 5.41) is 17.3. The number of carbonyl (C=O) groups is 2. The molecule has 0 atom stereocenters. The Morgan fingerprint density at radius 3 is 1.70 bits per heavy atom. The van der Waals surface area contributed by atoms with E-state index in [1.54, 1.807) is 0 Å². The highest BCUT2D eigenvalue weighted by molar-refractivity contribution is 7.88. The van der Waals surface area contributed by atoms with Gasteiger partial charge in [-0.3, -0.25) is 0 Å². The maximum Gasteiger partial charge on any atom is 0.534 e. The van der Waals surface area contributed by atoms with Crippen molar-refractivity contribution in [3.63, 3.8) is 0 Å². The second-order valence-electron chi connectivity index (χ2n) is 3.34. The molecule has 2 N–H and O–H groups in total. The summed E-state index contributed by atoms with van der Waals surface area (Å²) in [5.41, 5.74) is -7.20. The lowest BCUT2D eigenvalue weighted by atomic mass is 10.1. The predicted octanol–water partition coefficient (Wildman–Crippen LogP) is 1.31. The molecule has 0 radical (unpaired) electrons. The number of aromatic carboxylic acids is 2. The molecule has 0 aliphatic heterocycles. The van der Waals surface area contributed by atoms with Crippen molar-refractivity contribution in [1.29, 1.82) is 0 Å². The molecule has 0 unspecified atom stereocenters. The minimum absolute atomic E-state index is 0.456. The molecule has 0 heterocycles. The molecule has 0 bridgehead atoms. The van der Waals surface area contributed by atoms with E-state index in [4.69, 9.17) is 10.2 Å². The zero-order chi connectivity index (χ0) is 15.7. The number of hydrogen-bond acceptors (Lipinski definition) is 5. The van der Waals surface area contributed by atoms with Crippen LogP contribution in [0.1, 0.15) is 20.7 Å². The topological polar surface area (TPSA) is 118 Å². The zero-order valence-electron chi connectivity index (χ0n) is 9.21. The minimum atomic E-state index is -6.02. The normalized spacial score (nSPS) is 11.9. The van der Waals surface area contributed by atoms with Crippen LogP contribution < -0.4 is 4.18 Å². The maximum atomic E-state index is 12.1. The van der Waals surface area contributed by atoms with Gasteiger partial charge >= 0.3 is 27.6 Å². The molecule has 0 aliphatic carbocycles. The van der Waals surface area contributed by atoms with Crippen LogP contribution in [0.5, 0.6) is 5.75 Å². The van der Waals surface area contributed by atoms with Crippen LogP contribution in [0.2, 0.25) is 0 Å². The van der Waals surface area contributed by atoms with Crippen LogP contribution in [-0.2, 0) is 10.1 Å². The molecule has 11 heteroatoms. The molecule has 0 spiro atoms. The highest BCUT2D eigenvalue weighted by Crippen LogP contribution is 2.28. The molecule has 0 saturated heterocycles. The molecule has 0 saturated carbocycles. The van der Waals surface area contributed by atoms with Gasteiger partial charge in [-0.15, -0.1) is 0 Å². The molecule has 20 heavy (non-hydrogen) atoms. The largest absolute Gasteiger partial charge is 0.534 e. The lowest BCUT2D eigenvalue weighted by molar-refractivity contribution is -0.0500. The molecule has 0 amide bonds. The van der Waals surface area contributed by atoms with E-state index in [0.717, 1.165) is 0 Å². The predicted molar refractivity (Wildman–Crippen MR) is 56.0 cm³/mol. The Morgan fingerprint density at radius 1 is 1.00 bits per heavy atom. The first-order valence-corrected chi connectivity index (χ1v) is 5.97. The average Bonchev–Trinajstić information content (AvgIpc) is 2.26. The van der Waals surface area contributed by atoms with E-state index >= 15 is 0 Å². The van der Waals surface area contributed by atoms with Crippen LogP contribution in [0.25, 0.3) is 0 Å². The first kappa shape index (κ1) is 15.8. The van der Waals surface area contributed by atoms with E-state index in [1.165, 1.54) is 0 Å². The summed E-state index contributed by atoms with van der Waals surface area (Å²) in [7, 11) is -6.02. The van der Waals surface area contributed by atoms with E-state index in [-0.39, 0.29) is 0 Å². The van der Waals surface area contributed by atoms with Gasteiger partial charge in [-0.25, -0.2) is 9.59 Å². The van der Waals surface area contributed by atoms with E-state index < -0.39 is 44.4 Å². The fourth-order valence-corrected chi connectivity index (χ4v) is 1.51. The Hall–Kier alpha value is -2.30. The molecule has 0 aliphatic rings. The van der Waals surface area contributed by atoms with Crippen LogP contribution >= 0.6 is 0 Å². The van der Waals surface area contributed by atoms with E-state index in [9.17, 15) is 31.2 Å². The summed E-state index contributed by atoms with van der Waals surface area (Å²) >= 11 is 0. The molecule has 110 valence electrons. The molecule has 1 aromatic carbocycles. The van der Waals surface area contributed by atoms with Crippen LogP contribution in [0.15, 0.2) is 18.2 Å². The monoisotopic (exact) mass is 314 g/mol. The van der Waals surface area contributed by atoms with Gasteiger partial charge in [0.1, 0.15) is 5.75 Å². The standard InChI is InChI=1S/C9H5F3O7S/c10-9(11,12)20(17,18)19-6-2-4(7(13)14)1-5(3-6)8(15)16/h1-3H,(H,13,14)(H,15,16). The third kappa shape index (κ3) is 3.38. The van der Waals surface area contributed by atoms with Gasteiger partial charge in [0, 0.05) is 0 Å². The van der Waals surface area contributed by atoms with Crippen LogP contribution in [0.3, 0.4) is 0 Å². The summed E-state index contributed by atoms with van der Waals surface area (Å²) < 4.78 is 61.4. The summed E-state index contributed by atoms with van der Waals surface area (Å²) in [6.07, 6.45) is 0. The van der Waals surface area contributed by atoms with E-state index in [1.807, 2.05) is 0 Å². The SMILES string of the molecule is O=C(O)c1cc(OS(=O)(=O)C(F)(F)F)cc(C(=O)O)c1. The molecule has 0 aromatic heterocycles. The van der Waals surface area contributed by atoms with E-state index in [2.05, 4.69) is 4.18 Å². The lowest BCUT2D eigenvalue weighted by Gasteiger charge is -2.10. The van der Waals surface area contributed by atoms with Crippen molar-refractivity contribution in [2.45, 2.75) is 5.51 Å². The fraction of sp³-hybridized carbons (Fsp3) is 0.111. The molecule has 1 aromatic rings. The number of carboxylic acid groups (broad SMARTS) is 2. The molecule has 1 rings (SSSR count). The van der Waals surface area contributed by atoms with Crippen molar-refractivity contribution in [3.8, 4) is 5.75 Å². The fourth-order valence-electron chi connectivity index (χ4n) is 1.07. The number of carboxylic acids is 2. The maximum absolute atomic E-state index is 12.1. The number of hydrogen-bond donors (Lipinski definition) is 2. The third-order valence-corrected chi connectivity index (χ3v) is 2.87. The van der Waals surface area contributed by atoms with Crippen molar-refractivity contribution in [2.75, 3.05) is 0 Å². The van der Waals surface area contributed by atoms with Gasteiger partial charge in [0.15, 0.2) is 0 Å². The van der Waals surface area contributed by atoms with Gasteiger partial charge in [0.05, 0.1) is 11.1 Å². The molecule has 0 fully saturated rings. The highest BCUT2D eigenvalue weighted by atomic mass is 32.2. The van der Waals surface area contributed by atoms with Crippen molar-refractivity contribution < 1.29 is 45.6 Å². The number of rotatable bonds is 4. The average molecular weight is 314 g/mol. The summed E-state index contributed by atoms with van der Waals surface area (Å²) in [6.45, 7) is 0. The quantitative estimate of drug-likeness (QED) is 0.635. The third-order valence-electron chi connectivity index (χ3n) is 1.89. The molecule has 7 nitrogen and oxygen atoms in total. The molecular formula is C9H5F3O7S. The summed E-state index contributed by atoms with van der Waals surface area (Å²) in [6, 6.07) is 1.55. The van der Waals surface area contributed by atoms with Gasteiger partial charge in [-0.05, 0) is 18.2 Å². The van der Waals surface area contributed by atoms with Crippen LogP contribution in [0, 0.1) is 0 Å². The van der Waals surface area contributed by atoms with Crippen LogP contribution in [-0.4, -0.2) is 36.1 Å². The van der Waals surface area contributed by atoms with Crippen molar-refractivity contribution in [1.82, 2.24) is 0 Å². The Kier molecular flexibility index (Phi) is 3.94. The van der Waals surface area contributed by atoms with Gasteiger partial charge in [-0.1, -0.05) is 0 Å². The summed E-state index contributed by atoms with van der Waals surface area (Å²) in [4.78, 5) is 21.3. The smallest absolute Gasteiger partial charge is 0.478 e. The number of halogens is 3. The van der Waals surface area contributed by atoms with Gasteiger partial charge in [-0.2, -0.15) is 21.6 Å². The zero-order valence-corrected chi connectivity index (χ0v) is 10.0. The van der Waals surface area contributed by atoms with Crippen molar-refractivity contribution >= 4 is 22.1 Å². The Balaban J connectivity index is 3.33. The lowest BCUT2D eigenvalue weighted by Crippen LogP contribution is -2.28. The van der Waals surface area contributed by atoms with Crippen molar-refractivity contribution in [3.05, 3.63) is 29.3 Å². The number of benzene rings is 1. The Bertz CT molecular complexity index is 630. The van der Waals surface area contributed by atoms with Gasteiger partial charge < -0.3 is 14.4 Å². The van der Waals surface area contributed by atoms with Gasteiger partial charge in [0.25, 0.3) is 0 Å². The number of alkyl halides is 3.